The molecule has 0 fully saturated rings. The molecule has 5 nitrogen and oxygen atoms in total. The van der Waals surface area contributed by atoms with Gasteiger partial charge in [0.15, 0.2) is 0 Å². The second kappa shape index (κ2) is 42.3. The van der Waals surface area contributed by atoms with Crippen molar-refractivity contribution in [1.82, 2.24) is 5.32 Å². The molecule has 0 aliphatic rings. The number of aliphatic hydroxyl groups is 3. The lowest BCUT2D eigenvalue weighted by molar-refractivity contribution is -0.131. The van der Waals surface area contributed by atoms with Gasteiger partial charge in [-0.1, -0.05) is 217 Å². The molecule has 52 heavy (non-hydrogen) atoms. The van der Waals surface area contributed by atoms with Crippen LogP contribution in [0.5, 0.6) is 0 Å². The Morgan fingerprint density at radius 1 is 0.481 bits per heavy atom. The van der Waals surface area contributed by atoms with Crippen LogP contribution in [-0.2, 0) is 4.79 Å². The molecule has 0 aromatic carbocycles. The van der Waals surface area contributed by atoms with E-state index < -0.39 is 24.2 Å². The molecule has 0 spiro atoms. The van der Waals surface area contributed by atoms with Crippen LogP contribution in [0.1, 0.15) is 232 Å². The maximum absolute atomic E-state index is 12.5. The molecule has 0 aliphatic heterocycles. The fourth-order valence-corrected chi connectivity index (χ4v) is 6.86. The Morgan fingerprint density at radius 3 is 1.21 bits per heavy atom. The van der Waals surface area contributed by atoms with E-state index in [0.29, 0.717) is 6.42 Å². The first-order chi connectivity index (χ1) is 25.6. The molecule has 0 rings (SSSR count). The van der Waals surface area contributed by atoms with E-state index in [1.807, 2.05) is 6.08 Å². The van der Waals surface area contributed by atoms with Gasteiger partial charge in [-0.3, -0.25) is 4.79 Å². The minimum Gasteiger partial charge on any atom is -0.394 e. The fourth-order valence-electron chi connectivity index (χ4n) is 6.86. The Labute approximate surface area is 324 Å². The van der Waals surface area contributed by atoms with Gasteiger partial charge in [-0.25, -0.2) is 0 Å². The quantitative estimate of drug-likeness (QED) is 0.0372. The average molecular weight is 732 g/mol. The van der Waals surface area contributed by atoms with Gasteiger partial charge in [-0.15, -0.1) is 0 Å². The molecule has 0 heterocycles. The summed E-state index contributed by atoms with van der Waals surface area (Å²) in [5.41, 5.74) is 0. The van der Waals surface area contributed by atoms with E-state index in [2.05, 4.69) is 43.5 Å². The SMILES string of the molecule is CCCCCCCCCCC/C=C\C/C=C\CCCCCCCCC(O)C(=O)NC(CO)C(O)/C=C/CCCCCCCCCCCCCCCC. The van der Waals surface area contributed by atoms with Gasteiger partial charge in [0.05, 0.1) is 18.8 Å². The lowest BCUT2D eigenvalue weighted by atomic mass is 10.0. The molecule has 4 N–H and O–H groups in total. The normalized spacial score (nSPS) is 13.9. The number of aliphatic hydroxyl groups excluding tert-OH is 3. The van der Waals surface area contributed by atoms with Gasteiger partial charge in [0.25, 0.3) is 0 Å². The van der Waals surface area contributed by atoms with Gasteiger partial charge in [0.2, 0.25) is 5.91 Å². The first-order valence-electron chi connectivity index (χ1n) is 22.8. The van der Waals surface area contributed by atoms with Crippen LogP contribution in [0.3, 0.4) is 0 Å². The van der Waals surface area contributed by atoms with Crippen LogP contribution >= 0.6 is 0 Å². The van der Waals surface area contributed by atoms with Gasteiger partial charge in [-0.2, -0.15) is 0 Å². The number of allylic oxidation sites excluding steroid dienone is 5. The highest BCUT2D eigenvalue weighted by Crippen LogP contribution is 2.15. The van der Waals surface area contributed by atoms with E-state index >= 15 is 0 Å². The van der Waals surface area contributed by atoms with E-state index in [9.17, 15) is 20.1 Å². The van der Waals surface area contributed by atoms with Gasteiger partial charge >= 0.3 is 0 Å². The number of hydrogen-bond acceptors (Lipinski definition) is 4. The second-order valence-corrected chi connectivity index (χ2v) is 15.6. The second-order valence-electron chi connectivity index (χ2n) is 15.6. The molecule has 3 unspecified atom stereocenters. The number of nitrogens with one attached hydrogen (secondary N) is 1. The molecule has 1 amide bonds. The summed E-state index contributed by atoms with van der Waals surface area (Å²) in [5, 5.41) is 33.2. The predicted molar refractivity (Wildman–Crippen MR) is 227 cm³/mol. The minimum atomic E-state index is -1.11. The zero-order valence-corrected chi connectivity index (χ0v) is 34.7. The molecule has 0 saturated heterocycles. The molecular formula is C47H89NO4. The third-order valence-electron chi connectivity index (χ3n) is 10.5. The number of carbonyl (C=O) groups excluding carboxylic acids is 1. The van der Waals surface area contributed by atoms with Gasteiger partial charge in [0, 0.05) is 0 Å². The number of hydrogen-bond donors (Lipinski definition) is 4. The summed E-state index contributed by atoms with van der Waals surface area (Å²) in [6.45, 7) is 4.18. The maximum atomic E-state index is 12.5. The van der Waals surface area contributed by atoms with Crippen LogP contribution in [0.4, 0.5) is 0 Å². The third kappa shape index (κ3) is 36.9. The Kier molecular flexibility index (Phi) is 41.1. The van der Waals surface area contributed by atoms with Crippen LogP contribution in [0.2, 0.25) is 0 Å². The topological polar surface area (TPSA) is 89.8 Å². The highest BCUT2D eigenvalue weighted by molar-refractivity contribution is 5.80. The highest BCUT2D eigenvalue weighted by atomic mass is 16.3. The summed E-state index contributed by atoms with van der Waals surface area (Å²) in [7, 11) is 0. The van der Waals surface area contributed by atoms with Gasteiger partial charge < -0.3 is 20.6 Å². The molecule has 3 atom stereocenters. The lowest BCUT2D eigenvalue weighted by Crippen LogP contribution is -2.48. The Hall–Kier alpha value is -1.43. The molecule has 0 bridgehead atoms. The monoisotopic (exact) mass is 732 g/mol. The maximum Gasteiger partial charge on any atom is 0.249 e. The van der Waals surface area contributed by atoms with Gasteiger partial charge in [-0.05, 0) is 51.4 Å². The van der Waals surface area contributed by atoms with E-state index in [1.165, 1.54) is 167 Å². The third-order valence-corrected chi connectivity index (χ3v) is 10.5. The van der Waals surface area contributed by atoms with Crippen LogP contribution in [0.15, 0.2) is 36.5 Å². The molecule has 0 aliphatic carbocycles. The van der Waals surface area contributed by atoms with Crippen LogP contribution in [0, 0.1) is 0 Å². The van der Waals surface area contributed by atoms with Crippen molar-refractivity contribution in [3.8, 4) is 0 Å². The van der Waals surface area contributed by atoms with Crippen molar-refractivity contribution in [2.24, 2.45) is 0 Å². The number of carbonyl (C=O) groups is 1. The van der Waals surface area contributed by atoms with Crippen molar-refractivity contribution in [3.63, 3.8) is 0 Å². The summed E-state index contributed by atoms with van der Waals surface area (Å²) >= 11 is 0. The van der Waals surface area contributed by atoms with E-state index in [4.69, 9.17) is 0 Å². The molecule has 0 saturated carbocycles. The van der Waals surface area contributed by atoms with Gasteiger partial charge in [0.1, 0.15) is 6.10 Å². The van der Waals surface area contributed by atoms with E-state index in [1.54, 1.807) is 6.08 Å². The minimum absolute atomic E-state index is 0.367. The molecular weight excluding hydrogens is 643 g/mol. The van der Waals surface area contributed by atoms with E-state index in [0.717, 1.165) is 44.9 Å². The predicted octanol–water partition coefficient (Wildman–Crippen LogP) is 13.2. The summed E-state index contributed by atoms with van der Waals surface area (Å²) in [6.07, 6.45) is 53.2. The molecule has 5 heteroatoms. The number of rotatable bonds is 41. The standard InChI is InChI=1S/C47H89NO4/c1-3-5-7-9-11-13-15-17-19-21-22-23-24-25-26-28-30-32-34-36-38-40-42-46(51)47(52)48-44(43-49)45(50)41-39-37-35-33-31-29-27-20-18-16-14-12-10-8-6-4-2/h22-23,25-26,39,41,44-46,49-51H,3-21,24,27-38,40,42-43H2,1-2H3,(H,48,52)/b23-22-,26-25-,41-39+. The molecule has 306 valence electrons. The first-order valence-corrected chi connectivity index (χ1v) is 22.8. The Balaban J connectivity index is 3.69. The smallest absolute Gasteiger partial charge is 0.249 e. The first kappa shape index (κ1) is 50.6. The zero-order valence-electron chi connectivity index (χ0n) is 34.7. The Bertz CT molecular complexity index is 809. The van der Waals surface area contributed by atoms with Crippen molar-refractivity contribution in [2.75, 3.05) is 6.61 Å². The Morgan fingerprint density at radius 2 is 0.827 bits per heavy atom. The summed E-state index contributed by atoms with van der Waals surface area (Å²) < 4.78 is 0. The molecule has 0 aromatic heterocycles. The highest BCUT2D eigenvalue weighted by Gasteiger charge is 2.22. The van der Waals surface area contributed by atoms with Crippen molar-refractivity contribution < 1.29 is 20.1 Å². The lowest BCUT2D eigenvalue weighted by Gasteiger charge is -2.21. The largest absolute Gasteiger partial charge is 0.394 e. The van der Waals surface area contributed by atoms with Crippen LogP contribution < -0.4 is 5.32 Å². The number of unbranched alkanes of at least 4 members (excludes halogenated alkanes) is 29. The van der Waals surface area contributed by atoms with Crippen LogP contribution in [0.25, 0.3) is 0 Å². The fraction of sp³-hybridized carbons (Fsp3) is 0.851. The molecule has 0 aromatic rings. The van der Waals surface area contributed by atoms with Crippen molar-refractivity contribution in [1.29, 1.82) is 0 Å². The van der Waals surface area contributed by atoms with Crippen molar-refractivity contribution in [2.45, 2.75) is 250 Å². The van der Waals surface area contributed by atoms with E-state index in [-0.39, 0.29) is 6.61 Å². The summed E-state index contributed by atoms with van der Waals surface area (Å²) in [6, 6.07) is -0.802. The molecule has 0 radical (unpaired) electrons. The summed E-state index contributed by atoms with van der Waals surface area (Å²) in [5.74, 6) is -0.511. The van der Waals surface area contributed by atoms with Crippen LogP contribution in [-0.4, -0.2) is 46.1 Å². The average Bonchev–Trinajstić information content (AvgIpc) is 3.15. The van der Waals surface area contributed by atoms with Crippen molar-refractivity contribution >= 4 is 5.91 Å². The number of amides is 1. The van der Waals surface area contributed by atoms with Crippen molar-refractivity contribution in [3.05, 3.63) is 36.5 Å². The summed E-state index contributed by atoms with van der Waals surface area (Å²) in [4.78, 5) is 12.5. The zero-order chi connectivity index (χ0) is 38.0.